The molecule has 2 rings (SSSR count). The molecular weight excluding hydrogens is 321 g/mol. The maximum absolute atomic E-state index is 12.4. The van der Waals surface area contributed by atoms with Crippen molar-refractivity contribution in [3.63, 3.8) is 0 Å². The van der Waals surface area contributed by atoms with Crippen LogP contribution in [-0.4, -0.2) is 21.5 Å². The van der Waals surface area contributed by atoms with E-state index in [0.29, 0.717) is 5.69 Å². The molecule has 0 spiro atoms. The van der Waals surface area contributed by atoms with Crippen molar-refractivity contribution in [2.45, 2.75) is 13.1 Å². The number of nitrogens with one attached hydrogen (secondary N) is 2. The summed E-state index contributed by atoms with van der Waals surface area (Å²) >= 11 is 0.832. The number of carbonyl (C=O) groups is 2. The molecular formula is C12H9F3N4O2S. The van der Waals surface area contributed by atoms with Gasteiger partial charge in [0.05, 0.1) is 11.3 Å². The highest BCUT2D eigenvalue weighted by Crippen LogP contribution is 2.29. The van der Waals surface area contributed by atoms with Gasteiger partial charge in [-0.2, -0.15) is 13.2 Å². The van der Waals surface area contributed by atoms with Crippen LogP contribution in [0.5, 0.6) is 0 Å². The Balaban J connectivity index is 1.98. The van der Waals surface area contributed by atoms with Crippen LogP contribution in [0.1, 0.15) is 20.9 Å². The Labute approximate surface area is 126 Å². The number of alkyl halides is 3. The van der Waals surface area contributed by atoms with Crippen LogP contribution < -0.4 is 10.6 Å². The minimum atomic E-state index is -4.45. The van der Waals surface area contributed by atoms with Gasteiger partial charge in [0.15, 0.2) is 0 Å². The number of rotatable bonds is 2. The first-order valence-corrected chi connectivity index (χ1v) is 6.63. The lowest BCUT2D eigenvalue weighted by Gasteiger charge is -2.09. The molecule has 3 amide bonds. The fraction of sp³-hybridized carbons (Fsp3) is 0.167. The van der Waals surface area contributed by atoms with Gasteiger partial charge in [0.25, 0.3) is 5.91 Å². The molecule has 0 unspecified atom stereocenters. The molecule has 0 fully saturated rings. The normalized spacial score (nSPS) is 11.1. The number of hydrogen-bond donors (Lipinski definition) is 2. The number of nitrogens with zero attached hydrogens (tertiary/aromatic N) is 2. The van der Waals surface area contributed by atoms with Gasteiger partial charge in [0, 0.05) is 5.69 Å². The van der Waals surface area contributed by atoms with Crippen LogP contribution in [0.4, 0.5) is 23.7 Å². The Kier molecular flexibility index (Phi) is 4.40. The fourth-order valence-electron chi connectivity index (χ4n) is 1.50. The Bertz CT molecular complexity index is 697. The third kappa shape index (κ3) is 3.79. The van der Waals surface area contributed by atoms with Gasteiger partial charge < -0.3 is 5.32 Å². The number of anilines is 1. The molecule has 0 aliphatic heterocycles. The maximum Gasteiger partial charge on any atom is 0.416 e. The first-order valence-electron chi connectivity index (χ1n) is 5.86. The van der Waals surface area contributed by atoms with Crippen molar-refractivity contribution in [1.82, 2.24) is 14.9 Å². The Morgan fingerprint density at radius 3 is 2.32 bits per heavy atom. The molecule has 2 aromatic rings. The van der Waals surface area contributed by atoms with Gasteiger partial charge in [-0.15, -0.1) is 5.10 Å². The van der Waals surface area contributed by atoms with E-state index in [2.05, 4.69) is 14.9 Å². The summed E-state index contributed by atoms with van der Waals surface area (Å²) in [7, 11) is 0. The summed E-state index contributed by atoms with van der Waals surface area (Å²) in [5.74, 6) is -0.683. The molecule has 116 valence electrons. The van der Waals surface area contributed by atoms with Gasteiger partial charge in [-0.25, -0.2) is 4.79 Å². The predicted molar refractivity (Wildman–Crippen MR) is 72.6 cm³/mol. The Morgan fingerprint density at radius 1 is 1.18 bits per heavy atom. The van der Waals surface area contributed by atoms with Gasteiger partial charge in [-0.05, 0) is 42.7 Å². The average molecular weight is 330 g/mol. The molecule has 0 bridgehead atoms. The van der Waals surface area contributed by atoms with Crippen LogP contribution in [0.15, 0.2) is 24.3 Å². The molecule has 0 saturated carbocycles. The van der Waals surface area contributed by atoms with E-state index in [-0.39, 0.29) is 10.6 Å². The zero-order valence-electron chi connectivity index (χ0n) is 11.1. The number of amides is 3. The Hall–Kier alpha value is -2.49. The minimum Gasteiger partial charge on any atom is -0.308 e. The quantitative estimate of drug-likeness (QED) is 0.887. The SMILES string of the molecule is Cc1nnsc1C(=O)NC(=O)Nc1ccc(C(F)(F)F)cc1. The van der Waals surface area contributed by atoms with Crippen molar-refractivity contribution >= 4 is 29.2 Å². The standard InChI is InChI=1S/C12H9F3N4O2S/c1-6-9(22-19-18-6)10(20)17-11(21)16-8-4-2-7(3-5-8)12(13,14)15/h2-5H,1H3,(H2,16,17,20,21). The second-order valence-electron chi connectivity index (χ2n) is 4.17. The minimum absolute atomic E-state index is 0.123. The number of aromatic nitrogens is 2. The van der Waals surface area contributed by atoms with Crippen molar-refractivity contribution < 1.29 is 22.8 Å². The number of urea groups is 1. The third-order valence-electron chi connectivity index (χ3n) is 2.55. The summed E-state index contributed by atoms with van der Waals surface area (Å²) in [4.78, 5) is 23.5. The van der Waals surface area contributed by atoms with Crippen LogP contribution in [0, 0.1) is 6.92 Å². The molecule has 0 atom stereocenters. The molecule has 1 aromatic carbocycles. The fourth-order valence-corrected chi connectivity index (χ4v) is 2.06. The molecule has 0 radical (unpaired) electrons. The van der Waals surface area contributed by atoms with Gasteiger partial charge in [-0.3, -0.25) is 10.1 Å². The highest BCUT2D eigenvalue weighted by atomic mass is 32.1. The second kappa shape index (κ2) is 6.10. The molecule has 0 aliphatic carbocycles. The van der Waals surface area contributed by atoms with Gasteiger partial charge in [0.2, 0.25) is 0 Å². The molecule has 10 heteroatoms. The van der Waals surface area contributed by atoms with Crippen LogP contribution in [0.3, 0.4) is 0 Å². The van der Waals surface area contributed by atoms with E-state index in [0.717, 1.165) is 35.8 Å². The number of hydrogen-bond acceptors (Lipinski definition) is 5. The Morgan fingerprint density at radius 2 is 1.82 bits per heavy atom. The summed E-state index contributed by atoms with van der Waals surface area (Å²) in [6, 6.07) is 2.97. The second-order valence-corrected chi connectivity index (χ2v) is 4.92. The van der Waals surface area contributed by atoms with Crippen LogP contribution in [0.25, 0.3) is 0 Å². The summed E-state index contributed by atoms with van der Waals surface area (Å²) in [6.45, 7) is 1.56. The predicted octanol–water partition coefficient (Wildman–Crippen LogP) is 2.83. The zero-order valence-corrected chi connectivity index (χ0v) is 11.9. The molecule has 0 aliphatic rings. The van der Waals surface area contributed by atoms with E-state index in [1.54, 1.807) is 6.92 Å². The molecule has 0 saturated heterocycles. The number of benzene rings is 1. The topological polar surface area (TPSA) is 84.0 Å². The van der Waals surface area contributed by atoms with Gasteiger partial charge >= 0.3 is 12.2 Å². The molecule has 1 aromatic heterocycles. The van der Waals surface area contributed by atoms with Crippen LogP contribution >= 0.6 is 11.5 Å². The van der Waals surface area contributed by atoms with Crippen molar-refractivity contribution in [1.29, 1.82) is 0 Å². The monoisotopic (exact) mass is 330 g/mol. The molecule has 2 N–H and O–H groups in total. The van der Waals surface area contributed by atoms with Crippen LogP contribution in [0.2, 0.25) is 0 Å². The first kappa shape index (κ1) is 15.9. The smallest absolute Gasteiger partial charge is 0.308 e. The van der Waals surface area contributed by atoms with Gasteiger partial charge in [0.1, 0.15) is 4.88 Å². The summed E-state index contributed by atoms with van der Waals surface area (Å²) in [5, 5.41) is 7.93. The number of carbonyl (C=O) groups excluding carboxylic acids is 2. The van der Waals surface area contributed by atoms with Crippen molar-refractivity contribution in [2.75, 3.05) is 5.32 Å². The van der Waals surface area contributed by atoms with Crippen molar-refractivity contribution in [3.05, 3.63) is 40.4 Å². The highest BCUT2D eigenvalue weighted by molar-refractivity contribution is 7.08. The molecule has 22 heavy (non-hydrogen) atoms. The molecule has 6 nitrogen and oxygen atoms in total. The average Bonchev–Trinajstić information content (AvgIpc) is 2.84. The maximum atomic E-state index is 12.4. The first-order chi connectivity index (χ1) is 10.3. The number of aryl methyl sites for hydroxylation is 1. The van der Waals surface area contributed by atoms with Crippen LogP contribution in [-0.2, 0) is 6.18 Å². The zero-order chi connectivity index (χ0) is 16.3. The lowest BCUT2D eigenvalue weighted by atomic mass is 10.2. The third-order valence-corrected chi connectivity index (χ3v) is 3.38. The largest absolute Gasteiger partial charge is 0.416 e. The van der Waals surface area contributed by atoms with E-state index in [1.807, 2.05) is 5.32 Å². The lowest BCUT2D eigenvalue weighted by molar-refractivity contribution is -0.137. The highest BCUT2D eigenvalue weighted by Gasteiger charge is 2.30. The van der Waals surface area contributed by atoms with Crippen molar-refractivity contribution in [2.24, 2.45) is 0 Å². The van der Waals surface area contributed by atoms with E-state index in [4.69, 9.17) is 0 Å². The molecule has 1 heterocycles. The van der Waals surface area contributed by atoms with Crippen molar-refractivity contribution in [3.8, 4) is 0 Å². The van der Waals surface area contributed by atoms with E-state index in [1.165, 1.54) is 0 Å². The summed E-state index contributed by atoms with van der Waals surface area (Å²) in [5.41, 5.74) is -0.330. The summed E-state index contributed by atoms with van der Waals surface area (Å²) in [6.07, 6.45) is -4.45. The van der Waals surface area contributed by atoms with E-state index >= 15 is 0 Å². The summed E-state index contributed by atoms with van der Waals surface area (Å²) < 4.78 is 40.7. The number of imide groups is 1. The van der Waals surface area contributed by atoms with E-state index in [9.17, 15) is 22.8 Å². The van der Waals surface area contributed by atoms with Gasteiger partial charge in [-0.1, -0.05) is 4.49 Å². The number of halogens is 3. The lowest BCUT2D eigenvalue weighted by Crippen LogP contribution is -2.34. The van der Waals surface area contributed by atoms with E-state index < -0.39 is 23.7 Å².